The second-order valence-electron chi connectivity index (χ2n) is 14.3. The summed E-state index contributed by atoms with van der Waals surface area (Å²) in [6, 6.07) is 0. The molecular weight excluding hydrogens is 444 g/mol. The van der Waals surface area contributed by atoms with Crippen molar-refractivity contribution in [3.8, 4) is 0 Å². The maximum Gasteiger partial charge on any atom is 0.326 e. The molecule has 0 radical (unpaired) electrons. The average Bonchev–Trinajstić information content (AvgIpc) is 3.46. The predicted octanol–water partition coefficient (Wildman–Crippen LogP) is 7.92. The van der Waals surface area contributed by atoms with Gasteiger partial charge in [0.25, 0.3) is 0 Å². The van der Waals surface area contributed by atoms with Crippen LogP contribution in [0.4, 0.5) is 0 Å². The summed E-state index contributed by atoms with van der Waals surface area (Å²) < 4.78 is 7.78. The summed E-state index contributed by atoms with van der Waals surface area (Å²) in [5, 5.41) is 0. The number of carbonyl (C=O) groups excluding carboxylic acids is 1. The van der Waals surface area contributed by atoms with Gasteiger partial charge in [-0.2, -0.15) is 0 Å². The van der Waals surface area contributed by atoms with Gasteiger partial charge in [0.2, 0.25) is 0 Å². The van der Waals surface area contributed by atoms with Gasteiger partial charge in [-0.25, -0.2) is 4.98 Å². The molecule has 4 fully saturated rings. The molecule has 36 heavy (non-hydrogen) atoms. The first-order valence-corrected chi connectivity index (χ1v) is 15.4. The van der Waals surface area contributed by atoms with E-state index in [0.29, 0.717) is 10.8 Å². The molecule has 9 atom stereocenters. The third kappa shape index (κ3) is 4.92. The van der Waals surface area contributed by atoms with Gasteiger partial charge in [-0.15, -0.1) is 0 Å². The summed E-state index contributed by atoms with van der Waals surface area (Å²) in [4.78, 5) is 16.6. The fourth-order valence-electron chi connectivity index (χ4n) is 10.1. The van der Waals surface area contributed by atoms with Gasteiger partial charge < -0.3 is 9.30 Å². The molecular formula is C32H52N2O2. The maximum absolute atomic E-state index is 12.5. The fourth-order valence-corrected chi connectivity index (χ4v) is 10.1. The van der Waals surface area contributed by atoms with Crippen LogP contribution < -0.4 is 0 Å². The summed E-state index contributed by atoms with van der Waals surface area (Å²) >= 11 is 0. The van der Waals surface area contributed by atoms with E-state index < -0.39 is 0 Å². The topological polar surface area (TPSA) is 44.1 Å². The van der Waals surface area contributed by atoms with Crippen LogP contribution in [0.25, 0.3) is 0 Å². The van der Waals surface area contributed by atoms with E-state index in [1.807, 2.05) is 6.20 Å². The second-order valence-corrected chi connectivity index (χ2v) is 14.3. The minimum atomic E-state index is -0.108. The van der Waals surface area contributed by atoms with E-state index in [1.54, 1.807) is 17.1 Å². The molecule has 4 nitrogen and oxygen atoms in total. The molecule has 4 heteroatoms. The number of hydrogen-bond donors (Lipinski definition) is 0. The SMILES string of the molecule is CC(C)CCCC(C)C1CCC2C3CCC4CC(OC(=O)Cn5ccnc5)CCC4(C)C3CCC12C. The van der Waals surface area contributed by atoms with Crippen LogP contribution in [0.5, 0.6) is 0 Å². The summed E-state index contributed by atoms with van der Waals surface area (Å²) in [7, 11) is 0. The van der Waals surface area contributed by atoms with Gasteiger partial charge in [-0.1, -0.05) is 53.9 Å². The van der Waals surface area contributed by atoms with E-state index >= 15 is 0 Å². The van der Waals surface area contributed by atoms with E-state index in [1.165, 1.54) is 64.2 Å². The number of imidazole rings is 1. The van der Waals surface area contributed by atoms with Crippen LogP contribution in [0.15, 0.2) is 18.7 Å². The molecule has 202 valence electrons. The largest absolute Gasteiger partial charge is 0.461 e. The van der Waals surface area contributed by atoms with Crippen molar-refractivity contribution in [2.24, 2.45) is 52.3 Å². The average molecular weight is 497 g/mol. The van der Waals surface area contributed by atoms with E-state index in [9.17, 15) is 4.79 Å². The lowest BCUT2D eigenvalue weighted by Crippen LogP contribution is -2.54. The molecule has 1 aromatic rings. The Hall–Kier alpha value is -1.32. The van der Waals surface area contributed by atoms with Crippen molar-refractivity contribution in [2.45, 2.75) is 124 Å². The molecule has 0 aromatic carbocycles. The van der Waals surface area contributed by atoms with Crippen molar-refractivity contribution in [2.75, 3.05) is 0 Å². The molecule has 4 aliphatic carbocycles. The number of nitrogens with zero attached hydrogens (tertiary/aromatic N) is 2. The highest BCUT2D eigenvalue weighted by Gasteiger charge is 2.60. The summed E-state index contributed by atoms with van der Waals surface area (Å²) in [6.07, 6.45) is 21.5. The lowest BCUT2D eigenvalue weighted by Gasteiger charge is -2.61. The zero-order valence-electron chi connectivity index (χ0n) is 23.8. The van der Waals surface area contributed by atoms with E-state index in [0.717, 1.165) is 54.3 Å². The van der Waals surface area contributed by atoms with Crippen LogP contribution in [-0.4, -0.2) is 21.6 Å². The van der Waals surface area contributed by atoms with Gasteiger partial charge in [0, 0.05) is 12.4 Å². The molecule has 4 saturated carbocycles. The predicted molar refractivity (Wildman–Crippen MR) is 145 cm³/mol. The standard InChI is InChI=1S/C32H52N2O2/c1-22(2)7-6-8-23(3)27-11-12-28-26-10-9-24-19-25(36-30(35)20-34-18-17-33-21-34)13-15-31(24,4)29(26)14-16-32(27,28)5/h17-18,21-29H,6-16,19-20H2,1-5H3. The summed E-state index contributed by atoms with van der Waals surface area (Å²) in [6.45, 7) is 12.9. The van der Waals surface area contributed by atoms with Crippen molar-refractivity contribution < 1.29 is 9.53 Å². The summed E-state index contributed by atoms with van der Waals surface area (Å²) in [5.74, 6) is 6.02. The van der Waals surface area contributed by atoms with E-state index in [2.05, 4.69) is 39.6 Å². The minimum Gasteiger partial charge on any atom is -0.461 e. The lowest BCUT2D eigenvalue weighted by atomic mass is 9.44. The molecule has 5 rings (SSSR count). The molecule has 9 unspecified atom stereocenters. The first-order valence-electron chi connectivity index (χ1n) is 15.4. The Morgan fingerprint density at radius 2 is 1.78 bits per heavy atom. The van der Waals surface area contributed by atoms with Crippen molar-refractivity contribution in [3.05, 3.63) is 18.7 Å². The molecule has 4 aliphatic rings. The van der Waals surface area contributed by atoms with Gasteiger partial charge in [-0.05, 0) is 110 Å². The zero-order valence-corrected chi connectivity index (χ0v) is 23.8. The summed E-state index contributed by atoms with van der Waals surface area (Å²) in [5.41, 5.74) is 1.01. The smallest absolute Gasteiger partial charge is 0.326 e. The number of carbonyl (C=O) groups is 1. The van der Waals surface area contributed by atoms with Crippen LogP contribution in [0, 0.1) is 52.3 Å². The maximum atomic E-state index is 12.5. The first-order chi connectivity index (χ1) is 17.2. The van der Waals surface area contributed by atoms with Gasteiger partial charge >= 0.3 is 5.97 Å². The molecule has 0 amide bonds. The lowest BCUT2D eigenvalue weighted by molar-refractivity contribution is -0.163. The molecule has 0 N–H and O–H groups in total. The molecule has 0 saturated heterocycles. The first kappa shape index (κ1) is 26.3. The highest BCUT2D eigenvalue weighted by atomic mass is 16.5. The number of fused-ring (bicyclic) bond motifs is 5. The molecule has 0 spiro atoms. The van der Waals surface area contributed by atoms with Gasteiger partial charge in [0.15, 0.2) is 0 Å². The second kappa shape index (κ2) is 10.4. The van der Waals surface area contributed by atoms with Crippen LogP contribution in [-0.2, 0) is 16.1 Å². The van der Waals surface area contributed by atoms with Crippen LogP contribution in [0.3, 0.4) is 0 Å². The Morgan fingerprint density at radius 3 is 2.53 bits per heavy atom. The highest BCUT2D eigenvalue weighted by Crippen LogP contribution is 2.68. The van der Waals surface area contributed by atoms with Crippen LogP contribution in [0.1, 0.15) is 112 Å². The van der Waals surface area contributed by atoms with E-state index in [4.69, 9.17) is 4.74 Å². The van der Waals surface area contributed by atoms with Crippen LogP contribution in [0.2, 0.25) is 0 Å². The van der Waals surface area contributed by atoms with Gasteiger partial charge in [0.05, 0.1) is 6.33 Å². The highest BCUT2D eigenvalue weighted by molar-refractivity contribution is 5.69. The Bertz CT molecular complexity index is 881. The van der Waals surface area contributed by atoms with Gasteiger partial charge in [0.1, 0.15) is 12.6 Å². The minimum absolute atomic E-state index is 0.104. The molecule has 0 aliphatic heterocycles. The zero-order chi connectivity index (χ0) is 25.5. The van der Waals surface area contributed by atoms with Crippen molar-refractivity contribution in [1.82, 2.24) is 9.55 Å². The normalized spacial score (nSPS) is 40.8. The Morgan fingerprint density at radius 1 is 1.00 bits per heavy atom. The fraction of sp³-hybridized carbons (Fsp3) is 0.875. The monoisotopic (exact) mass is 496 g/mol. The Kier molecular flexibility index (Phi) is 7.63. The molecule has 1 aromatic heterocycles. The Balaban J connectivity index is 1.20. The molecule has 0 bridgehead atoms. The third-order valence-corrected chi connectivity index (χ3v) is 12.0. The van der Waals surface area contributed by atoms with Crippen molar-refractivity contribution >= 4 is 5.97 Å². The molecule has 1 heterocycles. The third-order valence-electron chi connectivity index (χ3n) is 12.0. The number of aromatic nitrogens is 2. The van der Waals surface area contributed by atoms with E-state index in [-0.39, 0.29) is 18.6 Å². The number of hydrogen-bond acceptors (Lipinski definition) is 3. The number of ether oxygens (including phenoxy) is 1. The van der Waals surface area contributed by atoms with Crippen molar-refractivity contribution in [3.63, 3.8) is 0 Å². The van der Waals surface area contributed by atoms with Crippen LogP contribution >= 0.6 is 0 Å². The van der Waals surface area contributed by atoms with Crippen molar-refractivity contribution in [1.29, 1.82) is 0 Å². The van der Waals surface area contributed by atoms with Gasteiger partial charge in [-0.3, -0.25) is 4.79 Å². The Labute approximate surface area is 220 Å². The number of rotatable bonds is 8. The quantitative estimate of drug-likeness (QED) is 0.343. The number of esters is 1.